The van der Waals surface area contributed by atoms with Crippen LogP contribution in [0.4, 0.5) is 10.1 Å². The van der Waals surface area contributed by atoms with Crippen molar-refractivity contribution in [3.8, 4) is 11.1 Å². The van der Waals surface area contributed by atoms with Gasteiger partial charge in [0.05, 0.1) is 17.2 Å². The van der Waals surface area contributed by atoms with Gasteiger partial charge in [-0.15, -0.1) is 0 Å². The van der Waals surface area contributed by atoms with E-state index in [1.54, 1.807) is 25.1 Å². The van der Waals surface area contributed by atoms with Gasteiger partial charge in [0.15, 0.2) is 9.84 Å². The summed E-state index contributed by atoms with van der Waals surface area (Å²) in [6.07, 6.45) is 1.13. The van der Waals surface area contributed by atoms with E-state index >= 15 is 0 Å². The van der Waals surface area contributed by atoms with E-state index in [4.69, 9.17) is 4.74 Å². The molecular weight excluding hydrogens is 425 g/mol. The van der Waals surface area contributed by atoms with Crippen LogP contribution in [0.5, 0.6) is 0 Å². The van der Waals surface area contributed by atoms with E-state index in [0.29, 0.717) is 11.1 Å². The fraction of sp³-hybridized carbons (Fsp3) is 0.286. The third kappa shape index (κ3) is 4.91. The number of carbonyl (C=O) groups is 2. The predicted octanol–water partition coefficient (Wildman–Crippen LogP) is 2.46. The maximum atomic E-state index is 14.7. The maximum absolute atomic E-state index is 14.7. The van der Waals surface area contributed by atoms with Crippen LogP contribution in [0, 0.1) is 5.82 Å². The van der Waals surface area contributed by atoms with Gasteiger partial charge in [-0.3, -0.25) is 9.80 Å². The smallest absolute Gasteiger partial charge is 0.354 e. The molecule has 8 nitrogen and oxygen atoms in total. The Labute approximate surface area is 179 Å². The summed E-state index contributed by atoms with van der Waals surface area (Å²) in [5, 5.41) is 7.85. The van der Waals surface area contributed by atoms with Crippen molar-refractivity contribution in [1.82, 2.24) is 5.01 Å². The number of esters is 1. The number of benzene rings is 2. The molecule has 31 heavy (non-hydrogen) atoms. The topological polar surface area (TPSA) is 105 Å². The number of halogens is 1. The molecule has 2 aromatic carbocycles. The highest BCUT2D eigenvalue weighted by Gasteiger charge is 2.34. The molecule has 10 heteroatoms. The van der Waals surface area contributed by atoms with Crippen LogP contribution < -0.4 is 5.32 Å². The number of carbonyl (C=O) groups excluding carboxylic acids is 2. The zero-order valence-corrected chi connectivity index (χ0v) is 18.1. The van der Waals surface area contributed by atoms with Crippen molar-refractivity contribution < 1.29 is 27.1 Å². The summed E-state index contributed by atoms with van der Waals surface area (Å²) in [6.45, 7) is 1.86. The highest BCUT2D eigenvalue weighted by molar-refractivity contribution is 7.90. The van der Waals surface area contributed by atoms with E-state index in [9.17, 15) is 22.4 Å². The molecule has 0 bridgehead atoms. The van der Waals surface area contributed by atoms with Gasteiger partial charge in [0.2, 0.25) is 5.91 Å². The van der Waals surface area contributed by atoms with Gasteiger partial charge < -0.3 is 10.1 Å². The first-order valence-electron chi connectivity index (χ1n) is 9.49. The summed E-state index contributed by atoms with van der Waals surface area (Å²) in [5.41, 5.74) is 0.786. The Kier molecular flexibility index (Phi) is 6.40. The summed E-state index contributed by atoms with van der Waals surface area (Å²) in [4.78, 5) is 24.5. The Morgan fingerprint density at radius 1 is 1.26 bits per heavy atom. The minimum Gasteiger partial charge on any atom is -0.461 e. The van der Waals surface area contributed by atoms with E-state index in [-0.39, 0.29) is 29.3 Å². The number of likely N-dealkylation sites (N-methyl/N-ethyl adjacent to an activating group) is 1. The van der Waals surface area contributed by atoms with E-state index in [2.05, 4.69) is 10.4 Å². The van der Waals surface area contributed by atoms with Crippen LogP contribution in [0.3, 0.4) is 0 Å². The molecule has 0 saturated carbocycles. The van der Waals surface area contributed by atoms with Crippen LogP contribution in [-0.2, 0) is 24.2 Å². The van der Waals surface area contributed by atoms with Crippen LogP contribution >= 0.6 is 0 Å². The largest absolute Gasteiger partial charge is 0.461 e. The molecule has 1 N–H and O–H groups in total. The second kappa shape index (κ2) is 8.84. The molecule has 0 fully saturated rings. The van der Waals surface area contributed by atoms with E-state index < -0.39 is 33.6 Å². The first kappa shape index (κ1) is 22.4. The normalized spacial score (nSPS) is 16.1. The van der Waals surface area contributed by atoms with Gasteiger partial charge in [-0.2, -0.15) is 5.10 Å². The van der Waals surface area contributed by atoms with Gasteiger partial charge >= 0.3 is 5.97 Å². The summed E-state index contributed by atoms with van der Waals surface area (Å²) >= 11 is 0. The summed E-state index contributed by atoms with van der Waals surface area (Å²) in [7, 11) is -1.97. The minimum absolute atomic E-state index is 0.0443. The summed E-state index contributed by atoms with van der Waals surface area (Å²) < 4.78 is 43.7. The zero-order valence-electron chi connectivity index (χ0n) is 17.3. The molecule has 0 aromatic heterocycles. The molecule has 1 aliphatic rings. The fourth-order valence-corrected chi connectivity index (χ4v) is 4.16. The lowest BCUT2D eigenvalue weighted by molar-refractivity contribution is -0.135. The molecule has 1 aliphatic heterocycles. The minimum atomic E-state index is -3.51. The number of hydrogen-bond acceptors (Lipinski definition) is 7. The molecule has 1 atom stereocenters. The second-order valence-corrected chi connectivity index (χ2v) is 9.00. The molecular formula is C21H22FN3O5S. The van der Waals surface area contributed by atoms with E-state index in [1.807, 2.05) is 0 Å². The average Bonchev–Trinajstić information content (AvgIpc) is 3.11. The SMILES string of the molecule is CCOC(=O)C1=NN(C)C(C(=O)Nc2ccc(-c3ccccc3S(C)(=O)=O)cc2F)C1. The van der Waals surface area contributed by atoms with Crippen LogP contribution in [-0.4, -0.2) is 57.0 Å². The van der Waals surface area contributed by atoms with E-state index in [0.717, 1.165) is 6.26 Å². The molecule has 2 aromatic rings. The highest BCUT2D eigenvalue weighted by Crippen LogP contribution is 2.30. The quantitative estimate of drug-likeness (QED) is 0.682. The number of sulfone groups is 1. The van der Waals surface area contributed by atoms with Crippen molar-refractivity contribution in [2.45, 2.75) is 24.3 Å². The Morgan fingerprint density at radius 2 is 1.97 bits per heavy atom. The number of ether oxygens (including phenoxy) is 1. The monoisotopic (exact) mass is 447 g/mol. The van der Waals surface area contributed by atoms with Crippen LogP contribution in [0.15, 0.2) is 52.5 Å². The van der Waals surface area contributed by atoms with Gasteiger partial charge in [0.25, 0.3) is 0 Å². The third-order valence-electron chi connectivity index (χ3n) is 4.75. The molecule has 1 heterocycles. The predicted molar refractivity (Wildman–Crippen MR) is 114 cm³/mol. The number of hydrogen-bond donors (Lipinski definition) is 1. The Hall–Kier alpha value is -3.27. The lowest BCUT2D eigenvalue weighted by Gasteiger charge is -2.18. The van der Waals surface area contributed by atoms with Gasteiger partial charge in [0, 0.05) is 25.3 Å². The number of anilines is 1. The number of hydrazone groups is 1. The third-order valence-corrected chi connectivity index (χ3v) is 5.91. The molecule has 0 radical (unpaired) electrons. The van der Waals surface area contributed by atoms with Crippen molar-refractivity contribution in [2.24, 2.45) is 5.10 Å². The van der Waals surface area contributed by atoms with Crippen LogP contribution in [0.1, 0.15) is 13.3 Å². The molecule has 0 aliphatic carbocycles. The first-order valence-corrected chi connectivity index (χ1v) is 11.4. The number of nitrogens with zero attached hydrogens (tertiary/aromatic N) is 2. The standard InChI is InChI=1S/C21H22FN3O5S/c1-4-30-21(27)17-12-18(25(2)24-17)20(26)23-16-10-9-13(11-15(16)22)14-7-5-6-8-19(14)31(3,28)29/h5-11,18H,4,12H2,1-3H3,(H,23,26). The lowest BCUT2D eigenvalue weighted by Crippen LogP contribution is -2.36. The summed E-state index contributed by atoms with van der Waals surface area (Å²) in [6, 6.07) is 9.57. The van der Waals surface area contributed by atoms with Crippen molar-refractivity contribution >= 4 is 33.1 Å². The molecule has 164 valence electrons. The van der Waals surface area contributed by atoms with Gasteiger partial charge in [-0.1, -0.05) is 24.3 Å². The maximum Gasteiger partial charge on any atom is 0.354 e. The van der Waals surface area contributed by atoms with Crippen molar-refractivity contribution in [3.63, 3.8) is 0 Å². The van der Waals surface area contributed by atoms with Gasteiger partial charge in [-0.05, 0) is 30.7 Å². The molecule has 1 unspecified atom stereocenters. The highest BCUT2D eigenvalue weighted by atomic mass is 32.2. The second-order valence-electron chi connectivity index (χ2n) is 7.01. The molecule has 0 saturated heterocycles. The van der Waals surface area contributed by atoms with Crippen LogP contribution in [0.25, 0.3) is 11.1 Å². The Bertz CT molecular complexity index is 1160. The number of rotatable bonds is 6. The number of nitrogens with one attached hydrogen (secondary N) is 1. The zero-order chi connectivity index (χ0) is 22.8. The van der Waals surface area contributed by atoms with Crippen molar-refractivity contribution in [3.05, 3.63) is 48.3 Å². The van der Waals surface area contributed by atoms with Gasteiger partial charge in [0.1, 0.15) is 17.6 Å². The Morgan fingerprint density at radius 3 is 2.61 bits per heavy atom. The lowest BCUT2D eigenvalue weighted by atomic mass is 10.0. The molecule has 1 amide bonds. The van der Waals surface area contributed by atoms with Crippen molar-refractivity contribution in [1.29, 1.82) is 0 Å². The Balaban J connectivity index is 1.78. The van der Waals surface area contributed by atoms with E-state index in [1.165, 1.54) is 36.3 Å². The molecule has 0 spiro atoms. The summed E-state index contributed by atoms with van der Waals surface area (Å²) in [5.74, 6) is -1.85. The first-order chi connectivity index (χ1) is 14.6. The van der Waals surface area contributed by atoms with Gasteiger partial charge in [-0.25, -0.2) is 17.6 Å². The van der Waals surface area contributed by atoms with Crippen molar-refractivity contribution in [2.75, 3.05) is 25.2 Å². The average molecular weight is 447 g/mol. The van der Waals surface area contributed by atoms with Crippen LogP contribution in [0.2, 0.25) is 0 Å². The fourth-order valence-electron chi connectivity index (χ4n) is 3.25. The number of amides is 1. The molecule has 3 rings (SSSR count).